The number of aromatic nitrogens is 2. The summed E-state index contributed by atoms with van der Waals surface area (Å²) in [4.78, 5) is 7.84. The SMILES string of the molecule is CCCCCCOc1cc(OC)nc(N)n1. The molecule has 1 heterocycles. The summed E-state index contributed by atoms with van der Waals surface area (Å²) in [6.07, 6.45) is 4.65. The van der Waals surface area contributed by atoms with Crippen molar-refractivity contribution in [1.82, 2.24) is 9.97 Å². The highest BCUT2D eigenvalue weighted by Gasteiger charge is 2.02. The van der Waals surface area contributed by atoms with Crippen LogP contribution in [-0.4, -0.2) is 23.7 Å². The van der Waals surface area contributed by atoms with Gasteiger partial charge in [-0.2, -0.15) is 9.97 Å². The van der Waals surface area contributed by atoms with Crippen LogP contribution in [0.15, 0.2) is 6.07 Å². The molecule has 0 saturated carbocycles. The Morgan fingerprint density at radius 1 is 1.19 bits per heavy atom. The van der Waals surface area contributed by atoms with Gasteiger partial charge in [0.25, 0.3) is 0 Å². The Hall–Kier alpha value is -1.52. The van der Waals surface area contributed by atoms with Crippen LogP contribution in [0.25, 0.3) is 0 Å². The van der Waals surface area contributed by atoms with E-state index in [0.29, 0.717) is 18.4 Å². The van der Waals surface area contributed by atoms with Crippen molar-refractivity contribution in [2.45, 2.75) is 32.6 Å². The highest BCUT2D eigenvalue weighted by molar-refractivity contribution is 5.29. The van der Waals surface area contributed by atoms with Gasteiger partial charge in [0, 0.05) is 0 Å². The largest absolute Gasteiger partial charge is 0.481 e. The van der Waals surface area contributed by atoms with Crippen LogP contribution in [0.5, 0.6) is 11.8 Å². The number of nitrogens with two attached hydrogens (primary N) is 1. The lowest BCUT2D eigenvalue weighted by Crippen LogP contribution is -2.03. The molecule has 0 spiro atoms. The molecule has 0 bridgehead atoms. The molecule has 0 atom stereocenters. The summed E-state index contributed by atoms with van der Waals surface area (Å²) in [5.74, 6) is 1.07. The molecule has 1 rings (SSSR count). The fourth-order valence-electron chi connectivity index (χ4n) is 1.31. The number of anilines is 1. The summed E-state index contributed by atoms with van der Waals surface area (Å²) >= 11 is 0. The molecule has 1 aromatic rings. The molecule has 0 aliphatic heterocycles. The molecule has 0 unspecified atom stereocenters. The number of hydrogen-bond donors (Lipinski definition) is 1. The van der Waals surface area contributed by atoms with E-state index in [1.54, 1.807) is 6.07 Å². The molecular weight excluding hydrogens is 206 g/mol. The number of ether oxygens (including phenoxy) is 2. The maximum atomic E-state index is 5.50. The second kappa shape index (κ2) is 6.87. The Kier molecular flexibility index (Phi) is 5.39. The molecule has 0 aromatic carbocycles. The molecule has 5 nitrogen and oxygen atoms in total. The Bertz CT molecular complexity index is 318. The van der Waals surface area contributed by atoms with Crippen molar-refractivity contribution in [1.29, 1.82) is 0 Å². The van der Waals surface area contributed by atoms with E-state index in [9.17, 15) is 0 Å². The molecule has 5 heteroatoms. The number of methoxy groups -OCH3 is 1. The molecule has 90 valence electrons. The third-order valence-electron chi connectivity index (χ3n) is 2.15. The molecule has 1 aromatic heterocycles. The predicted molar refractivity (Wildman–Crippen MR) is 62.6 cm³/mol. The number of unbranched alkanes of at least 4 members (excludes halogenated alkanes) is 3. The van der Waals surface area contributed by atoms with Crippen LogP contribution in [0.4, 0.5) is 5.95 Å². The van der Waals surface area contributed by atoms with Crippen LogP contribution in [0.2, 0.25) is 0 Å². The molecule has 0 amide bonds. The first-order valence-electron chi connectivity index (χ1n) is 5.57. The summed E-state index contributed by atoms with van der Waals surface area (Å²) in [5.41, 5.74) is 5.50. The third kappa shape index (κ3) is 4.33. The molecule has 0 radical (unpaired) electrons. The van der Waals surface area contributed by atoms with Crippen LogP contribution in [0.3, 0.4) is 0 Å². The zero-order valence-corrected chi connectivity index (χ0v) is 9.90. The van der Waals surface area contributed by atoms with E-state index < -0.39 is 0 Å². The van der Waals surface area contributed by atoms with E-state index in [1.807, 2.05) is 0 Å². The third-order valence-corrected chi connectivity index (χ3v) is 2.15. The van der Waals surface area contributed by atoms with Gasteiger partial charge in [-0.25, -0.2) is 0 Å². The lowest BCUT2D eigenvalue weighted by atomic mass is 10.2. The van der Waals surface area contributed by atoms with Gasteiger partial charge in [-0.1, -0.05) is 26.2 Å². The Morgan fingerprint density at radius 3 is 2.62 bits per heavy atom. The second-order valence-electron chi connectivity index (χ2n) is 3.52. The molecule has 0 aliphatic carbocycles. The summed E-state index contributed by atoms with van der Waals surface area (Å²) in [6, 6.07) is 1.64. The van der Waals surface area contributed by atoms with Crippen molar-refractivity contribution in [3.63, 3.8) is 0 Å². The minimum atomic E-state index is 0.169. The van der Waals surface area contributed by atoms with Crippen molar-refractivity contribution >= 4 is 5.95 Å². The van der Waals surface area contributed by atoms with E-state index in [-0.39, 0.29) is 5.95 Å². The lowest BCUT2D eigenvalue weighted by Gasteiger charge is -2.06. The zero-order chi connectivity index (χ0) is 11.8. The highest BCUT2D eigenvalue weighted by atomic mass is 16.5. The summed E-state index contributed by atoms with van der Waals surface area (Å²) < 4.78 is 10.4. The second-order valence-corrected chi connectivity index (χ2v) is 3.52. The molecule has 2 N–H and O–H groups in total. The minimum Gasteiger partial charge on any atom is -0.481 e. The number of nitrogens with zero attached hydrogens (tertiary/aromatic N) is 2. The molecular formula is C11H19N3O2. The van der Waals surface area contributed by atoms with Crippen LogP contribution >= 0.6 is 0 Å². The van der Waals surface area contributed by atoms with Gasteiger partial charge < -0.3 is 15.2 Å². The van der Waals surface area contributed by atoms with Crippen LogP contribution in [-0.2, 0) is 0 Å². The molecule has 0 aliphatic rings. The monoisotopic (exact) mass is 225 g/mol. The Balaban J connectivity index is 2.38. The smallest absolute Gasteiger partial charge is 0.226 e. The molecule has 16 heavy (non-hydrogen) atoms. The predicted octanol–water partition coefficient (Wildman–Crippen LogP) is 2.03. The van der Waals surface area contributed by atoms with Crippen LogP contribution in [0, 0.1) is 0 Å². The first-order chi connectivity index (χ1) is 7.76. The number of rotatable bonds is 7. The van der Waals surface area contributed by atoms with Gasteiger partial charge in [-0.3, -0.25) is 0 Å². The van der Waals surface area contributed by atoms with Crippen molar-refractivity contribution in [3.05, 3.63) is 6.07 Å². The first-order valence-corrected chi connectivity index (χ1v) is 5.57. The quantitative estimate of drug-likeness (QED) is 0.719. The van der Waals surface area contributed by atoms with Gasteiger partial charge in [0.2, 0.25) is 17.7 Å². The van der Waals surface area contributed by atoms with Crippen molar-refractivity contribution in [2.75, 3.05) is 19.5 Å². The van der Waals surface area contributed by atoms with Gasteiger partial charge in [0.1, 0.15) is 0 Å². The maximum absolute atomic E-state index is 5.50. The molecule has 0 saturated heterocycles. The van der Waals surface area contributed by atoms with Crippen LogP contribution < -0.4 is 15.2 Å². The van der Waals surface area contributed by atoms with Crippen molar-refractivity contribution in [3.8, 4) is 11.8 Å². The number of hydrogen-bond acceptors (Lipinski definition) is 5. The van der Waals surface area contributed by atoms with Crippen molar-refractivity contribution in [2.24, 2.45) is 0 Å². The maximum Gasteiger partial charge on any atom is 0.226 e. The van der Waals surface area contributed by atoms with E-state index in [4.69, 9.17) is 15.2 Å². The normalized spacial score (nSPS) is 10.1. The van der Waals surface area contributed by atoms with Gasteiger partial charge in [0.05, 0.1) is 19.8 Å². The van der Waals surface area contributed by atoms with Gasteiger partial charge in [-0.05, 0) is 6.42 Å². The van der Waals surface area contributed by atoms with Gasteiger partial charge in [0.15, 0.2) is 0 Å². The summed E-state index contributed by atoms with van der Waals surface area (Å²) in [6.45, 7) is 2.83. The topological polar surface area (TPSA) is 70.3 Å². The first kappa shape index (κ1) is 12.5. The summed E-state index contributed by atoms with van der Waals surface area (Å²) in [5, 5.41) is 0. The highest BCUT2D eigenvalue weighted by Crippen LogP contribution is 2.16. The van der Waals surface area contributed by atoms with E-state index in [1.165, 1.54) is 26.4 Å². The molecule has 0 fully saturated rings. The lowest BCUT2D eigenvalue weighted by molar-refractivity contribution is 0.290. The fourth-order valence-corrected chi connectivity index (χ4v) is 1.31. The van der Waals surface area contributed by atoms with Crippen LogP contribution in [0.1, 0.15) is 32.6 Å². The number of nitrogen functional groups attached to an aromatic ring is 1. The van der Waals surface area contributed by atoms with Gasteiger partial charge >= 0.3 is 0 Å². The average molecular weight is 225 g/mol. The van der Waals surface area contributed by atoms with Gasteiger partial charge in [-0.15, -0.1) is 0 Å². The minimum absolute atomic E-state index is 0.169. The van der Waals surface area contributed by atoms with E-state index >= 15 is 0 Å². The van der Waals surface area contributed by atoms with E-state index in [0.717, 1.165) is 6.42 Å². The Labute approximate surface area is 96.0 Å². The zero-order valence-electron chi connectivity index (χ0n) is 9.90. The summed E-state index contributed by atoms with van der Waals surface area (Å²) in [7, 11) is 1.53. The average Bonchev–Trinajstić information content (AvgIpc) is 2.28. The van der Waals surface area contributed by atoms with E-state index in [2.05, 4.69) is 16.9 Å². The standard InChI is InChI=1S/C11H19N3O2/c1-3-4-5-6-7-16-10-8-9(15-2)13-11(12)14-10/h8H,3-7H2,1-2H3,(H2,12,13,14). The van der Waals surface area contributed by atoms with Crippen molar-refractivity contribution < 1.29 is 9.47 Å². The Morgan fingerprint density at radius 2 is 1.94 bits per heavy atom. The fraction of sp³-hybridized carbons (Fsp3) is 0.636.